The number of aliphatic carboxylic acids is 1. The number of carboxylic acids is 2. The third-order valence-corrected chi connectivity index (χ3v) is 2.86. The smallest absolute Gasteiger partial charge is 0.337 e. The number of rotatable bonds is 4. The maximum atomic E-state index is 11.7. The predicted molar refractivity (Wildman–Crippen MR) is 61.3 cm³/mol. The molecule has 0 radical (unpaired) electrons. The second-order valence-corrected chi connectivity index (χ2v) is 4.13. The Kier molecular flexibility index (Phi) is 3.01. The van der Waals surface area contributed by atoms with Crippen LogP contribution in [0.25, 0.3) is 0 Å². The molecule has 0 bridgehead atoms. The van der Waals surface area contributed by atoms with E-state index in [1.807, 2.05) is 0 Å². The van der Waals surface area contributed by atoms with Crippen molar-refractivity contribution in [2.24, 2.45) is 11.8 Å². The van der Waals surface area contributed by atoms with Crippen LogP contribution in [0.1, 0.15) is 16.8 Å². The van der Waals surface area contributed by atoms with Crippen molar-refractivity contribution in [3.63, 3.8) is 0 Å². The molecule has 0 spiro atoms. The zero-order valence-corrected chi connectivity index (χ0v) is 9.29. The number of anilines is 1. The summed E-state index contributed by atoms with van der Waals surface area (Å²) in [6.45, 7) is 0. The normalized spacial score (nSPS) is 21.1. The van der Waals surface area contributed by atoms with Crippen LogP contribution < -0.4 is 5.32 Å². The first-order valence-electron chi connectivity index (χ1n) is 5.36. The molecule has 1 fully saturated rings. The van der Waals surface area contributed by atoms with Crippen LogP contribution in [-0.4, -0.2) is 28.1 Å². The fourth-order valence-electron chi connectivity index (χ4n) is 1.76. The average Bonchev–Trinajstić information content (AvgIpc) is 3.09. The lowest BCUT2D eigenvalue weighted by atomic mass is 10.1. The molecule has 1 aliphatic rings. The van der Waals surface area contributed by atoms with Crippen LogP contribution in [0.3, 0.4) is 0 Å². The number of para-hydroxylation sites is 1. The van der Waals surface area contributed by atoms with Crippen molar-refractivity contribution < 1.29 is 24.6 Å². The van der Waals surface area contributed by atoms with Gasteiger partial charge in [-0.05, 0) is 18.6 Å². The summed E-state index contributed by atoms with van der Waals surface area (Å²) >= 11 is 0. The molecule has 1 aromatic rings. The summed E-state index contributed by atoms with van der Waals surface area (Å²) in [6.07, 6.45) is 0.302. The van der Waals surface area contributed by atoms with Gasteiger partial charge in [-0.3, -0.25) is 9.59 Å². The van der Waals surface area contributed by atoms with Crippen molar-refractivity contribution in [1.82, 2.24) is 0 Å². The predicted octanol–water partition coefficient (Wildman–Crippen LogP) is 1.04. The number of hydrogen-bond donors (Lipinski definition) is 3. The van der Waals surface area contributed by atoms with Crippen molar-refractivity contribution >= 4 is 23.5 Å². The third-order valence-electron chi connectivity index (χ3n) is 2.86. The number of carboxylic acid groups (broad SMARTS) is 2. The summed E-state index contributed by atoms with van der Waals surface area (Å²) in [5, 5.41) is 20.1. The topological polar surface area (TPSA) is 104 Å². The van der Waals surface area contributed by atoms with Crippen LogP contribution in [0.5, 0.6) is 0 Å². The number of carbonyl (C=O) groups is 3. The van der Waals surface area contributed by atoms with E-state index in [0.29, 0.717) is 6.42 Å². The van der Waals surface area contributed by atoms with Crippen molar-refractivity contribution in [3.8, 4) is 0 Å². The molecule has 1 aromatic carbocycles. The molecule has 2 atom stereocenters. The van der Waals surface area contributed by atoms with Gasteiger partial charge in [-0.2, -0.15) is 0 Å². The summed E-state index contributed by atoms with van der Waals surface area (Å²) in [5.41, 5.74) is 0.171. The number of aromatic carboxylic acids is 1. The molecule has 0 heterocycles. The van der Waals surface area contributed by atoms with E-state index < -0.39 is 29.7 Å². The van der Waals surface area contributed by atoms with E-state index in [-0.39, 0.29) is 11.3 Å². The van der Waals surface area contributed by atoms with Gasteiger partial charge in [-0.1, -0.05) is 12.1 Å². The maximum absolute atomic E-state index is 11.7. The molecule has 0 aromatic heterocycles. The molecule has 18 heavy (non-hydrogen) atoms. The zero-order valence-electron chi connectivity index (χ0n) is 9.29. The zero-order chi connectivity index (χ0) is 13.3. The van der Waals surface area contributed by atoms with E-state index in [9.17, 15) is 14.4 Å². The minimum Gasteiger partial charge on any atom is -0.481 e. The Labute approximate surface area is 102 Å². The van der Waals surface area contributed by atoms with Gasteiger partial charge in [-0.15, -0.1) is 0 Å². The molecule has 6 heteroatoms. The highest BCUT2D eigenvalue weighted by atomic mass is 16.4. The lowest BCUT2D eigenvalue weighted by Crippen LogP contribution is -2.18. The molecule has 1 amide bonds. The van der Waals surface area contributed by atoms with Crippen LogP contribution in [0, 0.1) is 11.8 Å². The summed E-state index contributed by atoms with van der Waals surface area (Å²) in [4.78, 5) is 33.2. The lowest BCUT2D eigenvalue weighted by molar-refractivity contribution is -0.139. The number of hydrogen-bond acceptors (Lipinski definition) is 3. The number of amides is 1. The van der Waals surface area contributed by atoms with Gasteiger partial charge >= 0.3 is 11.9 Å². The molecule has 0 saturated heterocycles. The largest absolute Gasteiger partial charge is 0.481 e. The molecule has 0 unspecified atom stereocenters. The highest BCUT2D eigenvalue weighted by molar-refractivity contribution is 6.03. The SMILES string of the molecule is O=C(O)c1ccccc1NC(=O)[C@@H]1C[C@@H]1C(=O)O. The van der Waals surface area contributed by atoms with Gasteiger partial charge in [-0.25, -0.2) is 4.79 Å². The Balaban J connectivity index is 2.09. The highest BCUT2D eigenvalue weighted by Crippen LogP contribution is 2.39. The minimum absolute atomic E-state index is 0.0154. The first-order valence-corrected chi connectivity index (χ1v) is 5.36. The molecule has 6 nitrogen and oxygen atoms in total. The Morgan fingerprint density at radius 1 is 1.11 bits per heavy atom. The van der Waals surface area contributed by atoms with Gasteiger partial charge in [0.05, 0.1) is 23.1 Å². The van der Waals surface area contributed by atoms with Crippen LogP contribution >= 0.6 is 0 Å². The van der Waals surface area contributed by atoms with E-state index in [1.165, 1.54) is 12.1 Å². The molecule has 1 aliphatic carbocycles. The number of carbonyl (C=O) groups excluding carboxylic acids is 1. The molecule has 0 aliphatic heterocycles. The first kappa shape index (κ1) is 12.1. The van der Waals surface area contributed by atoms with E-state index in [2.05, 4.69) is 5.32 Å². The van der Waals surface area contributed by atoms with Crippen molar-refractivity contribution in [1.29, 1.82) is 0 Å². The van der Waals surface area contributed by atoms with Crippen molar-refractivity contribution in [2.75, 3.05) is 5.32 Å². The monoisotopic (exact) mass is 249 g/mol. The standard InChI is InChI=1S/C12H11NO5/c14-10(7-5-8(7)12(17)18)13-9-4-2-1-3-6(9)11(15)16/h1-4,7-8H,5H2,(H,13,14)(H,15,16)(H,17,18)/t7-,8+/m1/s1. The Bertz CT molecular complexity index is 525. The van der Waals surface area contributed by atoms with Gasteiger partial charge in [0.15, 0.2) is 0 Å². The quantitative estimate of drug-likeness (QED) is 0.739. The van der Waals surface area contributed by atoms with E-state index in [4.69, 9.17) is 10.2 Å². The van der Waals surface area contributed by atoms with Crippen LogP contribution in [0.4, 0.5) is 5.69 Å². The van der Waals surface area contributed by atoms with Crippen LogP contribution in [0.15, 0.2) is 24.3 Å². The molecular formula is C12H11NO5. The second-order valence-electron chi connectivity index (χ2n) is 4.13. The number of nitrogens with one attached hydrogen (secondary N) is 1. The summed E-state index contributed by atoms with van der Waals surface area (Å²) in [5.74, 6) is -3.81. The Hall–Kier alpha value is -2.37. The van der Waals surface area contributed by atoms with Gasteiger partial charge in [0.1, 0.15) is 0 Å². The minimum atomic E-state index is -1.14. The molecule has 1 saturated carbocycles. The summed E-state index contributed by atoms with van der Waals surface area (Å²) in [6, 6.07) is 6.00. The van der Waals surface area contributed by atoms with E-state index in [0.717, 1.165) is 0 Å². The lowest BCUT2D eigenvalue weighted by Gasteiger charge is -2.07. The first-order chi connectivity index (χ1) is 8.50. The Morgan fingerprint density at radius 3 is 2.33 bits per heavy atom. The fourth-order valence-corrected chi connectivity index (χ4v) is 1.76. The van der Waals surface area contributed by atoms with Crippen LogP contribution in [-0.2, 0) is 9.59 Å². The average molecular weight is 249 g/mol. The van der Waals surface area contributed by atoms with Gasteiger partial charge in [0.2, 0.25) is 5.91 Å². The van der Waals surface area contributed by atoms with Crippen LogP contribution in [0.2, 0.25) is 0 Å². The second kappa shape index (κ2) is 4.48. The van der Waals surface area contributed by atoms with E-state index >= 15 is 0 Å². The highest BCUT2D eigenvalue weighted by Gasteiger charge is 2.48. The summed E-state index contributed by atoms with van der Waals surface area (Å²) < 4.78 is 0. The summed E-state index contributed by atoms with van der Waals surface area (Å²) in [7, 11) is 0. The number of benzene rings is 1. The molecule has 3 N–H and O–H groups in total. The fraction of sp³-hybridized carbons (Fsp3) is 0.250. The molecule has 2 rings (SSSR count). The van der Waals surface area contributed by atoms with Gasteiger partial charge in [0, 0.05) is 0 Å². The molecule has 94 valence electrons. The molecular weight excluding hydrogens is 238 g/mol. The Morgan fingerprint density at radius 2 is 1.78 bits per heavy atom. The van der Waals surface area contributed by atoms with Crippen molar-refractivity contribution in [3.05, 3.63) is 29.8 Å². The van der Waals surface area contributed by atoms with Gasteiger partial charge in [0.25, 0.3) is 0 Å². The van der Waals surface area contributed by atoms with E-state index in [1.54, 1.807) is 12.1 Å². The van der Waals surface area contributed by atoms with Crippen molar-refractivity contribution in [2.45, 2.75) is 6.42 Å². The maximum Gasteiger partial charge on any atom is 0.337 e. The third kappa shape index (κ3) is 2.32. The van der Waals surface area contributed by atoms with Gasteiger partial charge < -0.3 is 15.5 Å².